The number of aliphatic hydroxyl groups is 1. The van der Waals surface area contributed by atoms with Gasteiger partial charge in [-0.2, -0.15) is 0 Å². The fraction of sp³-hybridized carbons (Fsp3) is 0.538. The van der Waals surface area contributed by atoms with Crippen LogP contribution in [0.15, 0.2) is 16.6 Å². The number of ether oxygens (including phenoxy) is 2. The Morgan fingerprint density at radius 3 is 2.63 bits per heavy atom. The molecule has 1 aromatic rings. The lowest BCUT2D eigenvalue weighted by Gasteiger charge is -2.14. The fourth-order valence-electron chi connectivity index (χ4n) is 1.59. The molecular weight excluding hydrogens is 334 g/mol. The summed E-state index contributed by atoms with van der Waals surface area (Å²) in [6.07, 6.45) is -0.349. The Labute approximate surface area is 129 Å². The van der Waals surface area contributed by atoms with Gasteiger partial charge in [0, 0.05) is 13.1 Å². The first-order valence-corrected chi connectivity index (χ1v) is 6.75. The average molecular weight is 355 g/mol. The van der Waals surface area contributed by atoms with E-state index in [4.69, 9.17) is 9.47 Å². The molecule has 0 amide bonds. The van der Waals surface area contributed by atoms with E-state index in [1.54, 1.807) is 14.0 Å². The third kappa shape index (κ3) is 5.99. The second kappa shape index (κ2) is 9.42. The topological polar surface area (TPSA) is 50.7 Å². The van der Waals surface area contributed by atoms with Gasteiger partial charge in [-0.05, 0) is 47.5 Å². The number of hydrogen-bond acceptors (Lipinski definition) is 4. The maximum atomic E-state index is 9.18. The van der Waals surface area contributed by atoms with E-state index >= 15 is 0 Å². The van der Waals surface area contributed by atoms with Crippen molar-refractivity contribution >= 4 is 28.3 Å². The maximum Gasteiger partial charge on any atom is 0.175 e. The lowest BCUT2D eigenvalue weighted by molar-refractivity contribution is 0.191. The molecule has 2 N–H and O–H groups in total. The van der Waals surface area contributed by atoms with Crippen LogP contribution >= 0.6 is 28.3 Å². The third-order valence-electron chi connectivity index (χ3n) is 2.35. The highest BCUT2D eigenvalue weighted by molar-refractivity contribution is 9.10. The highest BCUT2D eigenvalue weighted by Crippen LogP contribution is 2.36. The lowest BCUT2D eigenvalue weighted by Crippen LogP contribution is -2.23. The molecule has 1 atom stereocenters. The first-order valence-electron chi connectivity index (χ1n) is 5.96. The summed E-state index contributed by atoms with van der Waals surface area (Å²) in [5.41, 5.74) is 1.07. The summed E-state index contributed by atoms with van der Waals surface area (Å²) in [5.74, 6) is 1.43. The average Bonchev–Trinajstić information content (AvgIpc) is 2.31. The molecule has 6 heteroatoms. The lowest BCUT2D eigenvalue weighted by atomic mass is 10.2. The zero-order valence-electron chi connectivity index (χ0n) is 11.4. The van der Waals surface area contributed by atoms with Crippen molar-refractivity contribution in [2.75, 3.05) is 20.3 Å². The Balaban J connectivity index is 0.00000324. The highest BCUT2D eigenvalue weighted by atomic mass is 79.9. The van der Waals surface area contributed by atoms with E-state index in [9.17, 15) is 5.11 Å². The number of nitrogens with one attached hydrogen (secondary N) is 1. The molecule has 0 aliphatic heterocycles. The van der Waals surface area contributed by atoms with Gasteiger partial charge in [0.05, 0.1) is 24.3 Å². The monoisotopic (exact) mass is 353 g/mol. The van der Waals surface area contributed by atoms with Crippen LogP contribution in [0, 0.1) is 0 Å². The van der Waals surface area contributed by atoms with Gasteiger partial charge in [-0.15, -0.1) is 12.4 Å². The molecule has 1 aromatic carbocycles. The number of halogens is 2. The first kappa shape index (κ1) is 18.5. The van der Waals surface area contributed by atoms with E-state index in [1.807, 2.05) is 19.1 Å². The standard InChI is InChI=1S/C13H20BrNO3.ClH/c1-4-18-13-11(14)5-10(6-12(13)17-3)8-15-7-9(2)16;/h5-6,9,15-16H,4,7-8H2,1-3H3;1H. The molecule has 19 heavy (non-hydrogen) atoms. The van der Waals surface area contributed by atoms with Crippen LogP contribution < -0.4 is 14.8 Å². The van der Waals surface area contributed by atoms with Crippen LogP contribution in [0.4, 0.5) is 0 Å². The Morgan fingerprint density at radius 1 is 1.42 bits per heavy atom. The first-order chi connectivity index (χ1) is 8.58. The van der Waals surface area contributed by atoms with Gasteiger partial charge in [0.1, 0.15) is 0 Å². The molecule has 0 radical (unpaired) electrons. The van der Waals surface area contributed by atoms with Crippen molar-refractivity contribution in [3.05, 3.63) is 22.2 Å². The van der Waals surface area contributed by atoms with Crippen LogP contribution in [0.1, 0.15) is 19.4 Å². The molecule has 0 saturated carbocycles. The summed E-state index contributed by atoms with van der Waals surface area (Å²) in [6.45, 7) is 5.51. The summed E-state index contributed by atoms with van der Waals surface area (Å²) in [7, 11) is 1.62. The molecule has 0 fully saturated rings. The van der Waals surface area contributed by atoms with Gasteiger partial charge in [-0.3, -0.25) is 0 Å². The Hall–Kier alpha value is -0.490. The van der Waals surface area contributed by atoms with Crippen molar-refractivity contribution in [1.82, 2.24) is 5.32 Å². The van der Waals surface area contributed by atoms with Crippen molar-refractivity contribution in [1.29, 1.82) is 0 Å². The summed E-state index contributed by atoms with van der Waals surface area (Å²) < 4.78 is 11.7. The number of rotatable bonds is 7. The van der Waals surface area contributed by atoms with E-state index in [0.29, 0.717) is 25.4 Å². The smallest absolute Gasteiger partial charge is 0.175 e. The molecule has 0 heterocycles. The minimum absolute atomic E-state index is 0. The summed E-state index contributed by atoms with van der Waals surface area (Å²) in [4.78, 5) is 0. The number of benzene rings is 1. The maximum absolute atomic E-state index is 9.18. The van der Waals surface area contributed by atoms with Gasteiger partial charge in [0.15, 0.2) is 11.5 Å². The van der Waals surface area contributed by atoms with Crippen LogP contribution in [-0.4, -0.2) is 31.5 Å². The van der Waals surface area contributed by atoms with E-state index in [1.165, 1.54) is 0 Å². The molecule has 1 unspecified atom stereocenters. The van der Waals surface area contributed by atoms with Gasteiger partial charge >= 0.3 is 0 Å². The van der Waals surface area contributed by atoms with Gasteiger partial charge < -0.3 is 19.9 Å². The normalized spacial score (nSPS) is 11.6. The van der Waals surface area contributed by atoms with Crippen molar-refractivity contribution in [2.24, 2.45) is 0 Å². The van der Waals surface area contributed by atoms with Crippen molar-refractivity contribution in [2.45, 2.75) is 26.5 Å². The molecule has 0 saturated heterocycles. The van der Waals surface area contributed by atoms with Gasteiger partial charge in [0.25, 0.3) is 0 Å². The third-order valence-corrected chi connectivity index (χ3v) is 2.94. The minimum atomic E-state index is -0.349. The van der Waals surface area contributed by atoms with Crippen LogP contribution in [0.2, 0.25) is 0 Å². The summed E-state index contributed by atoms with van der Waals surface area (Å²) in [6, 6.07) is 3.92. The van der Waals surface area contributed by atoms with Crippen LogP contribution in [-0.2, 0) is 6.54 Å². The summed E-state index contributed by atoms with van der Waals surface area (Å²) in [5, 5.41) is 12.3. The van der Waals surface area contributed by atoms with E-state index in [2.05, 4.69) is 21.2 Å². The van der Waals surface area contributed by atoms with Crippen LogP contribution in [0.3, 0.4) is 0 Å². The molecule has 0 aromatic heterocycles. The Morgan fingerprint density at radius 2 is 2.11 bits per heavy atom. The molecule has 4 nitrogen and oxygen atoms in total. The molecule has 0 aliphatic rings. The molecule has 0 bridgehead atoms. The van der Waals surface area contributed by atoms with E-state index in [-0.39, 0.29) is 18.5 Å². The quantitative estimate of drug-likeness (QED) is 0.790. The van der Waals surface area contributed by atoms with Gasteiger partial charge in [-0.1, -0.05) is 0 Å². The largest absolute Gasteiger partial charge is 0.493 e. The minimum Gasteiger partial charge on any atom is -0.493 e. The highest BCUT2D eigenvalue weighted by Gasteiger charge is 2.11. The predicted molar refractivity (Wildman–Crippen MR) is 82.5 cm³/mol. The fourth-order valence-corrected chi connectivity index (χ4v) is 2.19. The SMILES string of the molecule is CCOc1c(Br)cc(CNCC(C)O)cc1OC.Cl. The second-order valence-corrected chi connectivity index (χ2v) is 4.88. The molecule has 1 rings (SSSR count). The molecule has 110 valence electrons. The zero-order valence-corrected chi connectivity index (χ0v) is 13.8. The van der Waals surface area contributed by atoms with Crippen molar-refractivity contribution in [3.8, 4) is 11.5 Å². The summed E-state index contributed by atoms with van der Waals surface area (Å²) >= 11 is 3.48. The van der Waals surface area contributed by atoms with Crippen molar-refractivity contribution < 1.29 is 14.6 Å². The van der Waals surface area contributed by atoms with Crippen LogP contribution in [0.5, 0.6) is 11.5 Å². The van der Waals surface area contributed by atoms with Crippen LogP contribution in [0.25, 0.3) is 0 Å². The number of methoxy groups -OCH3 is 1. The number of aliphatic hydroxyl groups excluding tert-OH is 1. The second-order valence-electron chi connectivity index (χ2n) is 4.02. The molecule has 0 spiro atoms. The number of hydrogen-bond donors (Lipinski definition) is 2. The van der Waals surface area contributed by atoms with Crippen molar-refractivity contribution in [3.63, 3.8) is 0 Å². The Kier molecular flexibility index (Phi) is 9.18. The molecule has 0 aliphatic carbocycles. The van der Waals surface area contributed by atoms with E-state index < -0.39 is 0 Å². The Bertz CT molecular complexity index is 388. The zero-order chi connectivity index (χ0) is 13.5. The molecular formula is C13H21BrClNO3. The predicted octanol–water partition coefficient (Wildman–Crippen LogP) is 2.75. The van der Waals surface area contributed by atoms with Gasteiger partial charge in [-0.25, -0.2) is 0 Å². The van der Waals surface area contributed by atoms with E-state index in [0.717, 1.165) is 15.8 Å². The van der Waals surface area contributed by atoms with Gasteiger partial charge in [0.2, 0.25) is 0 Å².